The number of esters is 1. The zero-order valence-electron chi connectivity index (χ0n) is 15.8. The fraction of sp³-hybridized carbons (Fsp3) is 0.950. The molecule has 0 bridgehead atoms. The molecule has 3 heteroatoms. The molecule has 0 radical (unpaired) electrons. The van der Waals surface area contributed by atoms with E-state index in [1.807, 2.05) is 0 Å². The van der Waals surface area contributed by atoms with E-state index in [0.29, 0.717) is 6.61 Å². The first kappa shape index (κ1) is 22.4. The maximum atomic E-state index is 11.6. The molecule has 138 valence electrons. The average molecular weight is 328 g/mol. The number of unbranched alkanes of at least 4 members (excludes halogenated alkanes) is 12. The molecule has 1 atom stereocenters. The summed E-state index contributed by atoms with van der Waals surface area (Å²) in [6.07, 6.45) is 18.6. The second-order valence-electron chi connectivity index (χ2n) is 6.81. The lowest BCUT2D eigenvalue weighted by molar-refractivity contribution is -0.145. The third kappa shape index (κ3) is 16.1. The molecule has 0 aliphatic carbocycles. The Labute approximate surface area is 144 Å². The smallest absolute Gasteiger partial charge is 0.322 e. The molecule has 0 heterocycles. The molecule has 1 unspecified atom stereocenters. The van der Waals surface area contributed by atoms with Gasteiger partial charge in [-0.05, 0) is 12.8 Å². The Kier molecular flexibility index (Phi) is 17.3. The van der Waals surface area contributed by atoms with Gasteiger partial charge < -0.3 is 10.5 Å². The molecule has 0 aromatic heterocycles. The first-order chi connectivity index (χ1) is 11.2. The molecule has 0 fully saturated rings. The summed E-state index contributed by atoms with van der Waals surface area (Å²) in [5, 5.41) is 0. The molecule has 3 nitrogen and oxygen atoms in total. The topological polar surface area (TPSA) is 52.3 Å². The van der Waals surface area contributed by atoms with Crippen LogP contribution in [0.15, 0.2) is 0 Å². The van der Waals surface area contributed by atoms with Gasteiger partial charge in [0.2, 0.25) is 0 Å². The van der Waals surface area contributed by atoms with Crippen LogP contribution < -0.4 is 5.73 Å². The van der Waals surface area contributed by atoms with Crippen molar-refractivity contribution in [3.05, 3.63) is 0 Å². The molecule has 0 spiro atoms. The van der Waals surface area contributed by atoms with Gasteiger partial charge in [-0.15, -0.1) is 0 Å². The first-order valence-electron chi connectivity index (χ1n) is 10.1. The molecule has 0 aromatic rings. The molecule has 0 amide bonds. The van der Waals surface area contributed by atoms with Crippen molar-refractivity contribution in [2.45, 2.75) is 116 Å². The minimum atomic E-state index is -0.424. The Balaban J connectivity index is 3.19. The van der Waals surface area contributed by atoms with Crippen LogP contribution in [0.25, 0.3) is 0 Å². The number of ether oxygens (including phenoxy) is 1. The first-order valence-corrected chi connectivity index (χ1v) is 10.1. The third-order valence-corrected chi connectivity index (χ3v) is 4.41. The van der Waals surface area contributed by atoms with Crippen LogP contribution in [0.2, 0.25) is 0 Å². The van der Waals surface area contributed by atoms with Crippen molar-refractivity contribution in [1.29, 1.82) is 0 Å². The van der Waals surface area contributed by atoms with Crippen LogP contribution in [-0.2, 0) is 9.53 Å². The summed E-state index contributed by atoms with van der Waals surface area (Å²) >= 11 is 0. The van der Waals surface area contributed by atoms with Gasteiger partial charge in [-0.2, -0.15) is 0 Å². The number of carbonyl (C=O) groups is 1. The van der Waals surface area contributed by atoms with Crippen LogP contribution in [0.3, 0.4) is 0 Å². The lowest BCUT2D eigenvalue weighted by Gasteiger charge is -2.10. The number of nitrogens with two attached hydrogens (primary N) is 1. The van der Waals surface area contributed by atoms with Gasteiger partial charge >= 0.3 is 5.97 Å². The van der Waals surface area contributed by atoms with Gasteiger partial charge in [0.1, 0.15) is 6.04 Å². The molecule has 0 saturated carbocycles. The predicted octanol–water partition coefficient (Wildman–Crippen LogP) is 5.75. The van der Waals surface area contributed by atoms with Gasteiger partial charge in [0, 0.05) is 0 Å². The highest BCUT2D eigenvalue weighted by atomic mass is 16.5. The molecule has 23 heavy (non-hydrogen) atoms. The van der Waals surface area contributed by atoms with E-state index in [1.54, 1.807) is 0 Å². The molecular weight excluding hydrogens is 286 g/mol. The van der Waals surface area contributed by atoms with Gasteiger partial charge in [-0.1, -0.05) is 97.3 Å². The molecule has 2 N–H and O–H groups in total. The van der Waals surface area contributed by atoms with E-state index >= 15 is 0 Å². The van der Waals surface area contributed by atoms with Crippen molar-refractivity contribution in [1.82, 2.24) is 0 Å². The van der Waals surface area contributed by atoms with Crippen molar-refractivity contribution in [2.75, 3.05) is 6.61 Å². The van der Waals surface area contributed by atoms with E-state index in [-0.39, 0.29) is 5.97 Å². The van der Waals surface area contributed by atoms with E-state index in [0.717, 1.165) is 32.1 Å². The predicted molar refractivity (Wildman–Crippen MR) is 99.5 cm³/mol. The largest absolute Gasteiger partial charge is 0.465 e. The van der Waals surface area contributed by atoms with Crippen LogP contribution >= 0.6 is 0 Å². The standard InChI is InChI=1S/C20H41NO2/c1-3-5-7-8-9-10-11-12-13-14-15-16-18-23-20(22)19(21)17-6-4-2/h19H,3-18,21H2,1-2H3. The lowest BCUT2D eigenvalue weighted by atomic mass is 10.1. The Morgan fingerprint density at radius 2 is 1.17 bits per heavy atom. The normalized spacial score (nSPS) is 12.3. The van der Waals surface area contributed by atoms with Crippen LogP contribution in [0.5, 0.6) is 0 Å². The zero-order valence-corrected chi connectivity index (χ0v) is 15.8. The van der Waals surface area contributed by atoms with Gasteiger partial charge in [-0.3, -0.25) is 4.79 Å². The molecule has 0 rings (SSSR count). The minimum absolute atomic E-state index is 0.221. The summed E-state index contributed by atoms with van der Waals surface area (Å²) < 4.78 is 5.23. The van der Waals surface area contributed by atoms with Crippen molar-refractivity contribution in [2.24, 2.45) is 5.73 Å². The summed E-state index contributed by atoms with van der Waals surface area (Å²) in [6.45, 7) is 4.91. The van der Waals surface area contributed by atoms with Crippen molar-refractivity contribution < 1.29 is 9.53 Å². The van der Waals surface area contributed by atoms with Crippen LogP contribution in [0, 0.1) is 0 Å². The second kappa shape index (κ2) is 17.8. The van der Waals surface area contributed by atoms with E-state index in [9.17, 15) is 4.79 Å². The SMILES string of the molecule is CCCCCCCCCCCCCCOC(=O)C(N)CCCC. The summed E-state index contributed by atoms with van der Waals surface area (Å²) in [5.41, 5.74) is 5.78. The second-order valence-corrected chi connectivity index (χ2v) is 6.81. The van der Waals surface area contributed by atoms with E-state index in [1.165, 1.54) is 64.2 Å². The molecular formula is C20H41NO2. The Hall–Kier alpha value is -0.570. The maximum absolute atomic E-state index is 11.6. The van der Waals surface area contributed by atoms with Gasteiger partial charge in [0.15, 0.2) is 0 Å². The maximum Gasteiger partial charge on any atom is 0.322 e. The van der Waals surface area contributed by atoms with Crippen molar-refractivity contribution in [3.63, 3.8) is 0 Å². The van der Waals surface area contributed by atoms with Crippen LogP contribution in [-0.4, -0.2) is 18.6 Å². The number of hydrogen-bond donors (Lipinski definition) is 1. The van der Waals surface area contributed by atoms with Gasteiger partial charge in [-0.25, -0.2) is 0 Å². The van der Waals surface area contributed by atoms with E-state index in [4.69, 9.17) is 10.5 Å². The summed E-state index contributed by atoms with van der Waals surface area (Å²) in [4.78, 5) is 11.6. The Morgan fingerprint density at radius 3 is 1.65 bits per heavy atom. The van der Waals surface area contributed by atoms with Crippen LogP contribution in [0.1, 0.15) is 110 Å². The average Bonchev–Trinajstić information content (AvgIpc) is 2.56. The van der Waals surface area contributed by atoms with Gasteiger partial charge in [0.25, 0.3) is 0 Å². The van der Waals surface area contributed by atoms with E-state index in [2.05, 4.69) is 13.8 Å². The molecule has 0 aliphatic rings. The third-order valence-electron chi connectivity index (χ3n) is 4.41. The summed E-state index contributed by atoms with van der Waals surface area (Å²) in [6, 6.07) is -0.424. The quantitative estimate of drug-likeness (QED) is 0.273. The summed E-state index contributed by atoms with van der Waals surface area (Å²) in [7, 11) is 0. The monoisotopic (exact) mass is 327 g/mol. The molecule has 0 aromatic carbocycles. The Bertz CT molecular complexity index is 256. The van der Waals surface area contributed by atoms with Crippen LogP contribution in [0.4, 0.5) is 0 Å². The fourth-order valence-corrected chi connectivity index (χ4v) is 2.76. The fourth-order valence-electron chi connectivity index (χ4n) is 2.76. The molecule has 0 saturated heterocycles. The summed E-state index contributed by atoms with van der Waals surface area (Å²) in [5.74, 6) is -0.221. The van der Waals surface area contributed by atoms with Crippen molar-refractivity contribution >= 4 is 5.97 Å². The highest BCUT2D eigenvalue weighted by Crippen LogP contribution is 2.12. The number of hydrogen-bond acceptors (Lipinski definition) is 3. The van der Waals surface area contributed by atoms with E-state index < -0.39 is 6.04 Å². The van der Waals surface area contributed by atoms with Gasteiger partial charge in [0.05, 0.1) is 6.61 Å². The number of carbonyl (C=O) groups excluding carboxylic acids is 1. The minimum Gasteiger partial charge on any atom is -0.465 e. The highest BCUT2D eigenvalue weighted by Gasteiger charge is 2.13. The number of rotatable bonds is 17. The molecule has 0 aliphatic heterocycles. The van der Waals surface area contributed by atoms with Crippen molar-refractivity contribution in [3.8, 4) is 0 Å². The Morgan fingerprint density at radius 1 is 0.739 bits per heavy atom. The lowest BCUT2D eigenvalue weighted by Crippen LogP contribution is -2.32. The zero-order chi connectivity index (χ0) is 17.2. The highest BCUT2D eigenvalue weighted by molar-refractivity contribution is 5.75.